The first kappa shape index (κ1) is 15.2. The highest BCUT2D eigenvalue weighted by Crippen LogP contribution is 2.07. The van der Waals surface area contributed by atoms with Crippen LogP contribution in [0.4, 0.5) is 0 Å². The number of nitrogens with zero attached hydrogens (tertiary/aromatic N) is 1. The average Bonchev–Trinajstić information content (AvgIpc) is 3.06. The average molecular weight is 298 g/mol. The van der Waals surface area contributed by atoms with E-state index < -0.39 is 5.91 Å². The van der Waals surface area contributed by atoms with Gasteiger partial charge in [-0.15, -0.1) is 0 Å². The summed E-state index contributed by atoms with van der Waals surface area (Å²) in [5, 5.41) is 12.2. The summed E-state index contributed by atoms with van der Waals surface area (Å²) < 4.78 is 0. The molecule has 1 heterocycles. The maximum Gasteiger partial charge on any atom is 0.271 e. The normalized spacial score (nSPS) is 11.0. The molecule has 1 aromatic heterocycles. The number of hydrogen-bond acceptors (Lipinski definition) is 4. The lowest BCUT2D eigenvalue weighted by Gasteiger charge is -2.01. The second-order valence-electron chi connectivity index (χ2n) is 4.26. The van der Waals surface area contributed by atoms with Gasteiger partial charge in [0, 0.05) is 17.8 Å². The first-order valence-electron chi connectivity index (χ1n) is 6.38. The molecule has 0 aliphatic heterocycles. The third kappa shape index (κ3) is 4.43. The van der Waals surface area contributed by atoms with Crippen molar-refractivity contribution in [1.29, 1.82) is 0 Å². The first-order valence-corrected chi connectivity index (χ1v) is 6.38. The molecule has 0 saturated heterocycles. The van der Waals surface area contributed by atoms with Gasteiger partial charge >= 0.3 is 0 Å². The number of hydrogen-bond donors (Lipinski definition) is 4. The molecule has 0 fully saturated rings. The number of carbonyl (C=O) groups is 2. The number of H-pyrrole nitrogens is 1. The SMILES string of the molecule is O=C(/C=C/c1cccc(C(=O)N/N=C/c2ccc[nH]2)c1)NO. The maximum absolute atomic E-state index is 11.9. The molecule has 0 atom stereocenters. The molecule has 0 aliphatic rings. The van der Waals surface area contributed by atoms with Crippen molar-refractivity contribution in [3.05, 3.63) is 65.5 Å². The van der Waals surface area contributed by atoms with E-state index in [0.29, 0.717) is 11.1 Å². The highest BCUT2D eigenvalue weighted by molar-refractivity contribution is 5.96. The minimum absolute atomic E-state index is 0.371. The van der Waals surface area contributed by atoms with E-state index in [1.165, 1.54) is 17.8 Å². The molecule has 7 nitrogen and oxygen atoms in total. The zero-order valence-corrected chi connectivity index (χ0v) is 11.5. The van der Waals surface area contributed by atoms with Crippen molar-refractivity contribution in [2.24, 2.45) is 5.10 Å². The Balaban J connectivity index is 2.00. The van der Waals surface area contributed by atoms with E-state index in [1.54, 1.807) is 30.5 Å². The fourth-order valence-corrected chi connectivity index (χ4v) is 1.64. The summed E-state index contributed by atoms with van der Waals surface area (Å²) in [5.41, 5.74) is 5.71. The van der Waals surface area contributed by atoms with Crippen LogP contribution < -0.4 is 10.9 Å². The van der Waals surface area contributed by atoms with Crippen LogP contribution in [0.15, 0.2) is 53.8 Å². The Labute approximate surface area is 126 Å². The molecule has 2 aromatic rings. The van der Waals surface area contributed by atoms with Gasteiger partial charge < -0.3 is 4.98 Å². The van der Waals surface area contributed by atoms with Crippen LogP contribution in [0.25, 0.3) is 6.08 Å². The van der Waals surface area contributed by atoms with Gasteiger partial charge in [0.1, 0.15) is 0 Å². The second-order valence-corrected chi connectivity index (χ2v) is 4.26. The number of hydroxylamine groups is 1. The van der Waals surface area contributed by atoms with E-state index in [2.05, 4.69) is 15.5 Å². The highest BCUT2D eigenvalue weighted by atomic mass is 16.5. The van der Waals surface area contributed by atoms with Crippen LogP contribution in [0.5, 0.6) is 0 Å². The summed E-state index contributed by atoms with van der Waals surface area (Å²) in [6.07, 6.45) is 5.87. The van der Waals surface area contributed by atoms with Gasteiger partial charge in [0.25, 0.3) is 11.8 Å². The molecule has 1 aromatic carbocycles. The lowest BCUT2D eigenvalue weighted by Crippen LogP contribution is -2.17. The van der Waals surface area contributed by atoms with E-state index in [0.717, 1.165) is 11.8 Å². The Hall–Kier alpha value is -3.19. The smallest absolute Gasteiger partial charge is 0.271 e. The summed E-state index contributed by atoms with van der Waals surface area (Å²) >= 11 is 0. The number of aromatic amines is 1. The maximum atomic E-state index is 11.9. The van der Waals surface area contributed by atoms with Crippen LogP contribution in [0, 0.1) is 0 Å². The summed E-state index contributed by atoms with van der Waals surface area (Å²) in [5.74, 6) is -1.02. The molecule has 2 rings (SSSR count). The summed E-state index contributed by atoms with van der Waals surface area (Å²) in [4.78, 5) is 25.8. The molecule has 2 amide bonds. The van der Waals surface area contributed by atoms with Gasteiger partial charge in [-0.2, -0.15) is 5.10 Å². The van der Waals surface area contributed by atoms with Gasteiger partial charge in [-0.1, -0.05) is 12.1 Å². The molecule has 112 valence electrons. The van der Waals surface area contributed by atoms with Gasteiger partial charge in [0.2, 0.25) is 0 Å². The molecule has 0 aliphatic carbocycles. The molecule has 0 spiro atoms. The van der Waals surface area contributed by atoms with Crippen molar-refractivity contribution < 1.29 is 14.8 Å². The van der Waals surface area contributed by atoms with Crippen molar-refractivity contribution in [2.45, 2.75) is 0 Å². The van der Waals surface area contributed by atoms with E-state index in [-0.39, 0.29) is 5.91 Å². The minimum Gasteiger partial charge on any atom is -0.360 e. The molecule has 0 radical (unpaired) electrons. The predicted molar refractivity (Wildman–Crippen MR) is 81.3 cm³/mol. The Bertz CT molecular complexity index is 705. The number of aromatic nitrogens is 1. The van der Waals surface area contributed by atoms with E-state index in [1.807, 2.05) is 12.1 Å². The van der Waals surface area contributed by atoms with Gasteiger partial charge in [-0.3, -0.25) is 14.8 Å². The van der Waals surface area contributed by atoms with Crippen molar-refractivity contribution in [2.75, 3.05) is 0 Å². The minimum atomic E-state index is -0.648. The fraction of sp³-hybridized carbons (Fsp3) is 0. The lowest BCUT2D eigenvalue weighted by atomic mass is 10.1. The summed E-state index contributed by atoms with van der Waals surface area (Å²) in [6, 6.07) is 10.3. The van der Waals surface area contributed by atoms with Gasteiger partial charge in [0.15, 0.2) is 0 Å². The molecule has 0 bridgehead atoms. The molecular formula is C15H14N4O3. The highest BCUT2D eigenvalue weighted by Gasteiger charge is 2.04. The largest absolute Gasteiger partial charge is 0.360 e. The molecule has 7 heteroatoms. The quantitative estimate of drug-likeness (QED) is 0.289. The number of carbonyl (C=O) groups excluding carboxylic acids is 2. The molecule has 0 saturated carbocycles. The number of rotatable bonds is 5. The first-order chi connectivity index (χ1) is 10.7. The van der Waals surface area contributed by atoms with Crippen molar-refractivity contribution in [3.8, 4) is 0 Å². The van der Waals surface area contributed by atoms with E-state index in [4.69, 9.17) is 5.21 Å². The van der Waals surface area contributed by atoms with Crippen LogP contribution in [0.3, 0.4) is 0 Å². The van der Waals surface area contributed by atoms with Crippen LogP contribution in [-0.4, -0.2) is 28.2 Å². The third-order valence-electron chi connectivity index (χ3n) is 2.68. The van der Waals surface area contributed by atoms with Crippen LogP contribution in [0.1, 0.15) is 21.6 Å². The van der Waals surface area contributed by atoms with Crippen molar-refractivity contribution in [3.63, 3.8) is 0 Å². The Morgan fingerprint density at radius 1 is 1.23 bits per heavy atom. The summed E-state index contributed by atoms with van der Waals surface area (Å²) in [6.45, 7) is 0. The summed E-state index contributed by atoms with van der Waals surface area (Å²) in [7, 11) is 0. The predicted octanol–water partition coefficient (Wildman–Crippen LogP) is 1.30. The Kier molecular flexibility index (Phi) is 5.22. The molecular weight excluding hydrogens is 284 g/mol. The van der Waals surface area contributed by atoms with Crippen molar-refractivity contribution >= 4 is 24.1 Å². The fourth-order valence-electron chi connectivity index (χ4n) is 1.64. The van der Waals surface area contributed by atoms with E-state index in [9.17, 15) is 9.59 Å². The van der Waals surface area contributed by atoms with Crippen LogP contribution in [0.2, 0.25) is 0 Å². The Morgan fingerprint density at radius 2 is 2.09 bits per heavy atom. The van der Waals surface area contributed by atoms with Crippen molar-refractivity contribution in [1.82, 2.24) is 15.9 Å². The van der Waals surface area contributed by atoms with Crippen LogP contribution in [-0.2, 0) is 4.79 Å². The number of nitrogens with one attached hydrogen (secondary N) is 3. The Morgan fingerprint density at radius 3 is 2.82 bits per heavy atom. The molecule has 0 unspecified atom stereocenters. The number of amides is 2. The number of hydrazone groups is 1. The standard InChI is InChI=1S/C15H14N4O3/c20-14(19-22)7-6-11-3-1-4-12(9-11)15(21)18-17-10-13-5-2-8-16-13/h1-10,16,22H,(H,18,21)(H,19,20)/b7-6+,17-10+. The zero-order valence-electron chi connectivity index (χ0n) is 11.5. The van der Waals surface area contributed by atoms with Gasteiger partial charge in [-0.25, -0.2) is 10.9 Å². The third-order valence-corrected chi connectivity index (χ3v) is 2.68. The monoisotopic (exact) mass is 298 g/mol. The lowest BCUT2D eigenvalue weighted by molar-refractivity contribution is -0.124. The van der Waals surface area contributed by atoms with Gasteiger partial charge in [-0.05, 0) is 35.9 Å². The van der Waals surface area contributed by atoms with E-state index >= 15 is 0 Å². The second kappa shape index (κ2) is 7.55. The molecule has 22 heavy (non-hydrogen) atoms. The zero-order chi connectivity index (χ0) is 15.8. The van der Waals surface area contributed by atoms with Crippen LogP contribution >= 0.6 is 0 Å². The topological polar surface area (TPSA) is 107 Å². The molecule has 4 N–H and O–H groups in total. The van der Waals surface area contributed by atoms with Gasteiger partial charge in [0.05, 0.1) is 11.9 Å². The number of benzene rings is 1.